The van der Waals surface area contributed by atoms with Gasteiger partial charge in [-0.3, -0.25) is 4.79 Å². The van der Waals surface area contributed by atoms with Crippen LogP contribution in [0.15, 0.2) is 33.0 Å². The highest BCUT2D eigenvalue weighted by atomic mass is 32.2. The molecule has 2 amide bonds. The Hall–Kier alpha value is -2.59. The van der Waals surface area contributed by atoms with Gasteiger partial charge in [-0.25, -0.2) is 4.79 Å². The Bertz CT molecular complexity index is 1140. The number of aromatic nitrogens is 2. The first-order valence-electron chi connectivity index (χ1n) is 10.9. The Morgan fingerprint density at radius 3 is 2.64 bits per heavy atom. The Morgan fingerprint density at radius 1 is 1.24 bits per heavy atom. The second-order valence-corrected chi connectivity index (χ2v) is 11.4. The molecule has 176 valence electrons. The molecule has 3 heterocycles. The highest BCUT2D eigenvalue weighted by Crippen LogP contribution is 2.34. The van der Waals surface area contributed by atoms with E-state index in [1.807, 2.05) is 52.0 Å². The van der Waals surface area contributed by atoms with Crippen molar-refractivity contribution in [3.63, 3.8) is 0 Å². The van der Waals surface area contributed by atoms with E-state index in [0.29, 0.717) is 43.0 Å². The van der Waals surface area contributed by atoms with Gasteiger partial charge in [-0.2, -0.15) is 0 Å². The number of nitrogens with one attached hydrogen (secondary N) is 1. The second kappa shape index (κ2) is 9.72. The van der Waals surface area contributed by atoms with Crippen LogP contribution in [0.4, 0.5) is 4.79 Å². The number of ether oxygens (including phenoxy) is 1. The van der Waals surface area contributed by atoms with E-state index in [1.54, 1.807) is 16.7 Å². The number of rotatable bonds is 5. The highest BCUT2D eigenvalue weighted by molar-refractivity contribution is 8.00. The molecule has 0 spiro atoms. The summed E-state index contributed by atoms with van der Waals surface area (Å²) in [5, 5.41) is 13.0. The van der Waals surface area contributed by atoms with Crippen LogP contribution >= 0.6 is 23.1 Å². The molecule has 1 N–H and O–H groups in total. The molecule has 2 aromatic heterocycles. The second-order valence-electron chi connectivity index (χ2n) is 8.99. The SMILES string of the molecule is Cc1nnc(SCc2c(C(=O)N3CCC(NC(=O)OC(C)(C)C)CC3)oc3ccccc23)s1. The zero-order valence-corrected chi connectivity index (χ0v) is 20.8. The zero-order valence-electron chi connectivity index (χ0n) is 19.2. The first-order valence-corrected chi connectivity index (χ1v) is 12.7. The summed E-state index contributed by atoms with van der Waals surface area (Å²) >= 11 is 3.09. The number of hydrogen-bond donors (Lipinski definition) is 1. The number of likely N-dealkylation sites (tertiary alicyclic amines) is 1. The van der Waals surface area contributed by atoms with Gasteiger partial charge in [-0.05, 0) is 46.6 Å². The third-order valence-corrected chi connectivity index (χ3v) is 7.24. The fourth-order valence-corrected chi connectivity index (χ4v) is 5.57. The lowest BCUT2D eigenvalue weighted by molar-refractivity contribution is 0.0470. The molecule has 10 heteroatoms. The number of furan rings is 1. The van der Waals surface area contributed by atoms with Crippen LogP contribution in [0.3, 0.4) is 0 Å². The molecule has 1 saturated heterocycles. The number of nitrogens with zero attached hydrogens (tertiary/aromatic N) is 3. The van der Waals surface area contributed by atoms with Gasteiger partial charge in [-0.15, -0.1) is 10.2 Å². The predicted octanol–water partition coefficient (Wildman–Crippen LogP) is 5.01. The molecule has 1 aromatic carbocycles. The molecule has 0 bridgehead atoms. The molecule has 0 unspecified atom stereocenters. The smallest absolute Gasteiger partial charge is 0.407 e. The van der Waals surface area contributed by atoms with E-state index in [-0.39, 0.29) is 11.9 Å². The predicted molar refractivity (Wildman–Crippen MR) is 129 cm³/mol. The fraction of sp³-hybridized carbons (Fsp3) is 0.478. The van der Waals surface area contributed by atoms with Crippen LogP contribution in [0.1, 0.15) is 54.7 Å². The third-order valence-electron chi connectivity index (χ3n) is 5.24. The lowest BCUT2D eigenvalue weighted by Crippen LogP contribution is -2.47. The summed E-state index contributed by atoms with van der Waals surface area (Å²) < 4.78 is 12.2. The van der Waals surface area contributed by atoms with Crippen molar-refractivity contribution in [2.24, 2.45) is 0 Å². The largest absolute Gasteiger partial charge is 0.451 e. The van der Waals surface area contributed by atoms with E-state index in [2.05, 4.69) is 15.5 Å². The van der Waals surface area contributed by atoms with Crippen molar-refractivity contribution in [1.29, 1.82) is 0 Å². The first-order chi connectivity index (χ1) is 15.7. The number of aryl methyl sites for hydroxylation is 1. The van der Waals surface area contributed by atoms with Crippen LogP contribution in [-0.2, 0) is 10.5 Å². The summed E-state index contributed by atoms with van der Waals surface area (Å²) in [5.41, 5.74) is 1.04. The van der Waals surface area contributed by atoms with Crippen LogP contribution in [0, 0.1) is 6.92 Å². The van der Waals surface area contributed by atoms with E-state index in [1.165, 1.54) is 11.3 Å². The van der Waals surface area contributed by atoms with Crippen molar-refractivity contribution in [3.8, 4) is 0 Å². The minimum Gasteiger partial charge on any atom is -0.451 e. The lowest BCUT2D eigenvalue weighted by Gasteiger charge is -2.32. The van der Waals surface area contributed by atoms with Crippen LogP contribution in [0.5, 0.6) is 0 Å². The molecule has 1 fully saturated rings. The zero-order chi connectivity index (χ0) is 23.6. The molecule has 0 saturated carbocycles. The summed E-state index contributed by atoms with van der Waals surface area (Å²) in [6, 6.07) is 7.69. The number of amides is 2. The average Bonchev–Trinajstić information content (AvgIpc) is 3.34. The van der Waals surface area contributed by atoms with Gasteiger partial charge in [0.25, 0.3) is 5.91 Å². The standard InChI is InChI=1S/C23H28N4O4S2/c1-14-25-26-22(33-14)32-13-17-16-7-5-6-8-18(16)30-19(17)20(28)27-11-9-15(10-12-27)24-21(29)31-23(2,3)4/h5-8,15H,9-13H2,1-4H3,(H,24,29). The Balaban J connectivity index is 1.44. The fourth-order valence-electron chi connectivity index (χ4n) is 3.73. The number of benzene rings is 1. The number of piperidine rings is 1. The molecule has 1 aliphatic heterocycles. The molecular formula is C23H28N4O4S2. The molecule has 1 aliphatic rings. The third kappa shape index (κ3) is 5.86. The van der Waals surface area contributed by atoms with Crippen molar-refractivity contribution in [2.45, 2.75) is 62.3 Å². The van der Waals surface area contributed by atoms with E-state index in [0.717, 1.165) is 20.3 Å². The number of alkyl carbamates (subject to hydrolysis) is 1. The summed E-state index contributed by atoms with van der Waals surface area (Å²) in [5.74, 6) is 0.832. The summed E-state index contributed by atoms with van der Waals surface area (Å²) in [6.45, 7) is 8.51. The summed E-state index contributed by atoms with van der Waals surface area (Å²) in [7, 11) is 0. The number of fused-ring (bicyclic) bond motifs is 1. The molecule has 33 heavy (non-hydrogen) atoms. The maximum absolute atomic E-state index is 13.4. The van der Waals surface area contributed by atoms with Gasteiger partial charge in [0, 0.05) is 35.8 Å². The maximum atomic E-state index is 13.4. The van der Waals surface area contributed by atoms with Gasteiger partial charge >= 0.3 is 6.09 Å². The van der Waals surface area contributed by atoms with Gasteiger partial charge in [0.15, 0.2) is 10.1 Å². The Kier molecular flexibility index (Phi) is 6.94. The quantitative estimate of drug-likeness (QED) is 0.504. The van der Waals surface area contributed by atoms with Crippen molar-refractivity contribution < 1.29 is 18.7 Å². The number of thioether (sulfide) groups is 1. The molecule has 0 atom stereocenters. The van der Waals surface area contributed by atoms with Crippen molar-refractivity contribution in [3.05, 3.63) is 40.6 Å². The highest BCUT2D eigenvalue weighted by Gasteiger charge is 2.30. The monoisotopic (exact) mass is 488 g/mol. The molecule has 0 aliphatic carbocycles. The average molecular weight is 489 g/mol. The summed E-state index contributed by atoms with van der Waals surface area (Å²) in [4.78, 5) is 27.3. The van der Waals surface area contributed by atoms with E-state index < -0.39 is 11.7 Å². The Morgan fingerprint density at radius 2 is 1.97 bits per heavy atom. The molecule has 4 rings (SSSR count). The maximum Gasteiger partial charge on any atom is 0.407 e. The van der Waals surface area contributed by atoms with E-state index in [9.17, 15) is 9.59 Å². The number of carbonyl (C=O) groups is 2. The summed E-state index contributed by atoms with van der Waals surface area (Å²) in [6.07, 6.45) is 0.911. The lowest BCUT2D eigenvalue weighted by atomic mass is 10.0. The van der Waals surface area contributed by atoms with Gasteiger partial charge < -0.3 is 19.4 Å². The van der Waals surface area contributed by atoms with E-state index in [4.69, 9.17) is 9.15 Å². The van der Waals surface area contributed by atoms with Gasteiger partial charge in [-0.1, -0.05) is 41.3 Å². The minimum atomic E-state index is -0.538. The number of carbonyl (C=O) groups excluding carboxylic acids is 2. The molecular weight excluding hydrogens is 460 g/mol. The van der Waals surface area contributed by atoms with Crippen molar-refractivity contribution in [1.82, 2.24) is 20.4 Å². The minimum absolute atomic E-state index is 0.0183. The number of para-hydroxylation sites is 1. The molecule has 3 aromatic rings. The molecule has 8 nitrogen and oxygen atoms in total. The number of hydrogen-bond acceptors (Lipinski definition) is 8. The molecule has 0 radical (unpaired) electrons. The van der Waals surface area contributed by atoms with Crippen LogP contribution in [0.2, 0.25) is 0 Å². The van der Waals surface area contributed by atoms with Gasteiger partial charge in [0.05, 0.1) is 0 Å². The first kappa shape index (κ1) is 23.6. The van der Waals surface area contributed by atoms with Crippen LogP contribution in [-0.4, -0.2) is 51.8 Å². The van der Waals surface area contributed by atoms with Crippen molar-refractivity contribution >= 4 is 46.1 Å². The van der Waals surface area contributed by atoms with Gasteiger partial charge in [0.1, 0.15) is 16.2 Å². The van der Waals surface area contributed by atoms with Crippen molar-refractivity contribution in [2.75, 3.05) is 13.1 Å². The topological polar surface area (TPSA) is 97.6 Å². The van der Waals surface area contributed by atoms with Gasteiger partial charge in [0.2, 0.25) is 0 Å². The Labute approximate surface area is 201 Å². The van der Waals surface area contributed by atoms with Crippen LogP contribution < -0.4 is 5.32 Å². The normalized spacial score (nSPS) is 15.1. The van der Waals surface area contributed by atoms with Crippen LogP contribution in [0.25, 0.3) is 11.0 Å². The van der Waals surface area contributed by atoms with E-state index >= 15 is 0 Å².